The van der Waals surface area contributed by atoms with Gasteiger partial charge in [0.1, 0.15) is 23.1 Å². The topological polar surface area (TPSA) is 139 Å². The van der Waals surface area contributed by atoms with Crippen molar-refractivity contribution < 1.29 is 22.7 Å². The van der Waals surface area contributed by atoms with Crippen LogP contribution in [-0.4, -0.2) is 75.8 Å². The van der Waals surface area contributed by atoms with Crippen LogP contribution in [0.2, 0.25) is 10.0 Å². The number of aromatic nitrogens is 4. The number of benzene rings is 1. The van der Waals surface area contributed by atoms with Gasteiger partial charge in [-0.05, 0) is 37.3 Å². The van der Waals surface area contributed by atoms with Crippen molar-refractivity contribution in [2.24, 2.45) is 0 Å². The number of anilines is 1. The summed E-state index contributed by atoms with van der Waals surface area (Å²) >= 11 is 13.1. The molecule has 3 aromatic heterocycles. The van der Waals surface area contributed by atoms with Gasteiger partial charge in [-0.15, -0.1) is 0 Å². The summed E-state index contributed by atoms with van der Waals surface area (Å²) in [5, 5.41) is 9.96. The average Bonchev–Trinajstić information content (AvgIpc) is 2.92. The molecule has 11 nitrogen and oxygen atoms in total. The number of nitrogens with zero attached hydrogens (tertiary/aromatic N) is 6. The summed E-state index contributed by atoms with van der Waals surface area (Å²) in [6, 6.07) is 6.03. The molecular formula is C27H23Cl2FN6O5S. The number of hydrogen-bond acceptors (Lipinski definition) is 9. The molecule has 1 aromatic carbocycles. The van der Waals surface area contributed by atoms with Crippen LogP contribution in [0.3, 0.4) is 0 Å². The molecule has 0 radical (unpaired) electrons. The number of carbonyl (C=O) groups excluding carboxylic acids is 1. The molecule has 0 unspecified atom stereocenters. The first kappa shape index (κ1) is 29.4. The van der Waals surface area contributed by atoms with Crippen molar-refractivity contribution in [2.75, 3.05) is 30.8 Å². The summed E-state index contributed by atoms with van der Waals surface area (Å²) in [5.41, 5.74) is -1.95. The van der Waals surface area contributed by atoms with Gasteiger partial charge in [-0.25, -0.2) is 32.1 Å². The standard InChI is InChI=1S/C27H23Cl2FN6O5S/c1-4-20(38)34-10-11-35(14(2)13-34)24-15-12-17(29)22(21-18(30)6-5-7-19(21)37)32-25(15)36(27(39)33-24)23-16(28)8-9-31-26(23)42(3,40)41/h4-9,12,14,37H,1,10-11,13H2,2-3H3/t14-/m0/s1. The van der Waals surface area contributed by atoms with E-state index in [4.69, 9.17) is 23.2 Å². The Labute approximate surface area is 249 Å². The molecule has 218 valence electrons. The fourth-order valence-corrected chi connectivity index (χ4v) is 6.27. The van der Waals surface area contributed by atoms with Crippen molar-refractivity contribution in [3.05, 3.63) is 75.5 Å². The molecule has 1 aliphatic rings. The normalized spacial score (nSPS) is 15.7. The number of aromatic hydroxyl groups is 1. The number of phenols is 1. The summed E-state index contributed by atoms with van der Waals surface area (Å²) in [5.74, 6) is -1.38. The van der Waals surface area contributed by atoms with Crippen LogP contribution in [-0.2, 0) is 14.6 Å². The summed E-state index contributed by atoms with van der Waals surface area (Å²) < 4.78 is 41.2. The van der Waals surface area contributed by atoms with E-state index in [1.54, 1.807) is 9.80 Å². The SMILES string of the molecule is C=CC(=O)N1CCN(c2nc(=O)n(-c3c(Cl)ccnc3S(C)(=O)=O)c3nc(-c4c(O)cccc4F)c(Cl)cc23)[C@@H](C)C1. The number of pyridine rings is 2. The van der Waals surface area contributed by atoms with Crippen LogP contribution < -0.4 is 10.6 Å². The molecule has 0 bridgehead atoms. The molecule has 1 amide bonds. The Morgan fingerprint density at radius 2 is 1.93 bits per heavy atom. The van der Waals surface area contributed by atoms with Crippen LogP contribution >= 0.6 is 23.2 Å². The molecule has 1 N–H and O–H groups in total. The zero-order chi connectivity index (χ0) is 30.5. The highest BCUT2D eigenvalue weighted by Crippen LogP contribution is 2.39. The first-order valence-corrected chi connectivity index (χ1v) is 15.1. The molecule has 1 aliphatic heterocycles. The van der Waals surface area contributed by atoms with Crippen molar-refractivity contribution in [3.63, 3.8) is 0 Å². The first-order valence-electron chi connectivity index (χ1n) is 12.5. The third kappa shape index (κ3) is 5.08. The van der Waals surface area contributed by atoms with Gasteiger partial charge in [-0.2, -0.15) is 4.98 Å². The number of fused-ring (bicyclic) bond motifs is 1. The Balaban J connectivity index is 1.86. The van der Waals surface area contributed by atoms with Gasteiger partial charge in [0.05, 0.1) is 26.7 Å². The molecule has 0 saturated carbocycles. The molecule has 1 saturated heterocycles. The molecule has 42 heavy (non-hydrogen) atoms. The minimum atomic E-state index is -4.02. The van der Waals surface area contributed by atoms with Crippen molar-refractivity contribution in [1.29, 1.82) is 0 Å². The van der Waals surface area contributed by atoms with Gasteiger partial charge in [-0.3, -0.25) is 4.79 Å². The zero-order valence-electron chi connectivity index (χ0n) is 22.3. The predicted octanol–water partition coefficient (Wildman–Crippen LogP) is 3.62. The highest BCUT2D eigenvalue weighted by Gasteiger charge is 2.31. The number of phenolic OH excluding ortho intramolecular Hbond substituents is 1. The second kappa shape index (κ2) is 11.0. The van der Waals surface area contributed by atoms with Crippen LogP contribution in [0.25, 0.3) is 28.0 Å². The number of rotatable bonds is 5. The van der Waals surface area contributed by atoms with Crippen molar-refractivity contribution in [1.82, 2.24) is 24.4 Å². The molecule has 4 aromatic rings. The third-order valence-electron chi connectivity index (χ3n) is 6.83. The molecule has 0 spiro atoms. The Morgan fingerprint density at radius 3 is 2.57 bits per heavy atom. The summed E-state index contributed by atoms with van der Waals surface area (Å²) in [6.07, 6.45) is 3.30. The van der Waals surface area contributed by atoms with Crippen molar-refractivity contribution >= 4 is 55.8 Å². The van der Waals surface area contributed by atoms with Crippen LogP contribution in [0.4, 0.5) is 10.2 Å². The lowest BCUT2D eigenvalue weighted by atomic mass is 10.1. The minimum absolute atomic E-state index is 0.0788. The Kier molecular flexibility index (Phi) is 7.68. The fraction of sp³-hybridized carbons (Fsp3) is 0.222. The van der Waals surface area contributed by atoms with E-state index in [9.17, 15) is 27.5 Å². The van der Waals surface area contributed by atoms with Gasteiger partial charge in [0, 0.05) is 38.1 Å². The first-order chi connectivity index (χ1) is 19.8. The Morgan fingerprint density at radius 1 is 1.19 bits per heavy atom. The largest absolute Gasteiger partial charge is 0.507 e. The van der Waals surface area contributed by atoms with Gasteiger partial charge >= 0.3 is 5.69 Å². The third-order valence-corrected chi connectivity index (χ3v) is 8.43. The monoisotopic (exact) mass is 632 g/mol. The average molecular weight is 633 g/mol. The van der Waals surface area contributed by atoms with Crippen molar-refractivity contribution in [2.45, 2.75) is 18.0 Å². The molecule has 1 atom stereocenters. The van der Waals surface area contributed by atoms with E-state index in [-0.39, 0.29) is 62.3 Å². The highest BCUT2D eigenvalue weighted by molar-refractivity contribution is 7.90. The van der Waals surface area contributed by atoms with Gasteiger partial charge in [0.15, 0.2) is 20.5 Å². The van der Waals surface area contributed by atoms with E-state index in [0.717, 1.165) is 16.9 Å². The fourth-order valence-electron chi connectivity index (χ4n) is 4.94. The Bertz CT molecular complexity index is 1930. The lowest BCUT2D eigenvalue weighted by Gasteiger charge is -2.40. The summed E-state index contributed by atoms with van der Waals surface area (Å²) in [6.45, 7) is 6.24. The highest BCUT2D eigenvalue weighted by atomic mass is 35.5. The maximum Gasteiger partial charge on any atom is 0.355 e. The lowest BCUT2D eigenvalue weighted by Crippen LogP contribution is -2.54. The number of amides is 1. The molecule has 5 rings (SSSR count). The number of sulfone groups is 1. The lowest BCUT2D eigenvalue weighted by molar-refractivity contribution is -0.126. The molecular weight excluding hydrogens is 610 g/mol. The molecule has 15 heteroatoms. The van der Waals surface area contributed by atoms with Crippen LogP contribution in [0.15, 0.2) is 59.0 Å². The van der Waals surface area contributed by atoms with E-state index in [2.05, 4.69) is 21.5 Å². The second-order valence-electron chi connectivity index (χ2n) is 9.63. The van der Waals surface area contributed by atoms with Crippen LogP contribution in [0.5, 0.6) is 5.75 Å². The van der Waals surface area contributed by atoms with E-state index >= 15 is 0 Å². The van der Waals surface area contributed by atoms with Crippen LogP contribution in [0, 0.1) is 5.82 Å². The molecule has 0 aliphatic carbocycles. The molecule has 1 fully saturated rings. The van der Waals surface area contributed by atoms with E-state index < -0.39 is 32.1 Å². The Hall–Kier alpha value is -4.07. The number of carbonyl (C=O) groups is 1. The van der Waals surface area contributed by atoms with Gasteiger partial charge in [-0.1, -0.05) is 35.8 Å². The predicted molar refractivity (Wildman–Crippen MR) is 157 cm³/mol. The number of piperazine rings is 1. The van der Waals surface area contributed by atoms with Crippen molar-refractivity contribution in [3.8, 4) is 22.7 Å². The smallest absolute Gasteiger partial charge is 0.355 e. The summed E-state index contributed by atoms with van der Waals surface area (Å²) in [7, 11) is -4.02. The molecule has 4 heterocycles. The van der Waals surface area contributed by atoms with E-state index in [1.165, 1.54) is 36.5 Å². The number of hydrogen-bond donors (Lipinski definition) is 1. The van der Waals surface area contributed by atoms with Gasteiger partial charge in [0.25, 0.3) is 0 Å². The maximum absolute atomic E-state index is 15.0. The van der Waals surface area contributed by atoms with Crippen LogP contribution in [0.1, 0.15) is 6.92 Å². The minimum Gasteiger partial charge on any atom is -0.507 e. The van der Waals surface area contributed by atoms with Gasteiger partial charge < -0.3 is 14.9 Å². The maximum atomic E-state index is 15.0. The second-order valence-corrected chi connectivity index (χ2v) is 12.4. The van der Waals surface area contributed by atoms with E-state index in [1.807, 2.05) is 6.92 Å². The van der Waals surface area contributed by atoms with Gasteiger partial charge in [0.2, 0.25) is 5.91 Å². The quantitative estimate of drug-likeness (QED) is 0.327. The number of halogens is 3. The summed E-state index contributed by atoms with van der Waals surface area (Å²) in [4.78, 5) is 42.2. The van der Waals surface area contributed by atoms with E-state index in [0.29, 0.717) is 13.1 Å². The zero-order valence-corrected chi connectivity index (χ0v) is 24.6.